The number of benzene rings is 2. The Morgan fingerprint density at radius 2 is 1.69 bits per heavy atom. The van der Waals surface area contributed by atoms with Gasteiger partial charge in [0.15, 0.2) is 0 Å². The number of carbonyl (C=O) groups excluding carboxylic acids is 1. The Hall–Kier alpha value is -3.14. The number of piperazine rings is 1. The molecule has 2 aliphatic rings. The Morgan fingerprint density at radius 3 is 2.31 bits per heavy atom. The van der Waals surface area contributed by atoms with Gasteiger partial charge in [-0.1, -0.05) is 6.07 Å². The molecule has 2 aromatic carbocycles. The molecule has 0 bridgehead atoms. The van der Waals surface area contributed by atoms with E-state index in [0.29, 0.717) is 30.6 Å². The van der Waals surface area contributed by atoms with E-state index in [0.717, 1.165) is 31.9 Å². The lowest BCUT2D eigenvalue weighted by molar-refractivity contribution is -0.274. The molecule has 2 aromatic rings. The van der Waals surface area contributed by atoms with Crippen LogP contribution in [0, 0.1) is 0 Å². The molecule has 0 radical (unpaired) electrons. The second-order valence-corrected chi connectivity index (χ2v) is 7.79. The molecule has 4 rings (SSSR count). The Morgan fingerprint density at radius 1 is 1.00 bits per heavy atom. The first-order chi connectivity index (χ1) is 15.3. The highest BCUT2D eigenvalue weighted by molar-refractivity contribution is 5.90. The van der Waals surface area contributed by atoms with Gasteiger partial charge < -0.3 is 24.6 Å². The zero-order valence-electron chi connectivity index (χ0n) is 17.6. The van der Waals surface area contributed by atoms with Crippen LogP contribution in [0.1, 0.15) is 0 Å². The maximum absolute atomic E-state index is 12.4. The average Bonchev–Trinajstić information content (AvgIpc) is 2.73. The van der Waals surface area contributed by atoms with E-state index < -0.39 is 6.36 Å². The van der Waals surface area contributed by atoms with E-state index in [1.165, 1.54) is 12.1 Å². The number of hydrogen-bond acceptors (Lipinski definition) is 5. The topological polar surface area (TPSA) is 57.3 Å². The highest BCUT2D eigenvalue weighted by Gasteiger charge is 2.36. The number of carbonyl (C=O) groups is 1. The molecule has 0 atom stereocenters. The molecular formula is C22H25F3N4O3. The van der Waals surface area contributed by atoms with Gasteiger partial charge >= 0.3 is 12.4 Å². The third kappa shape index (κ3) is 5.37. The molecule has 0 aromatic heterocycles. The number of nitrogens with zero attached hydrogens (tertiary/aromatic N) is 3. The quantitative estimate of drug-likeness (QED) is 0.754. The molecule has 172 valence electrons. The molecule has 0 saturated carbocycles. The standard InChI is InChI=1S/C22H25F3N4O3/c1-31-20-4-2-3-16(13-20)26-21(30)29-14-18(15-29)28-11-9-27(10-12-28)17-5-7-19(8-6-17)32-22(23,24)25/h2-8,13,18H,9-12,14-15H2,1H3,(H,26,30). The number of anilines is 2. The van der Waals surface area contributed by atoms with Crippen molar-refractivity contribution in [2.45, 2.75) is 12.4 Å². The monoisotopic (exact) mass is 450 g/mol. The first kappa shape index (κ1) is 22.1. The highest BCUT2D eigenvalue weighted by atomic mass is 19.4. The van der Waals surface area contributed by atoms with Crippen LogP contribution in [0.3, 0.4) is 0 Å². The van der Waals surface area contributed by atoms with Crippen molar-refractivity contribution in [3.63, 3.8) is 0 Å². The minimum Gasteiger partial charge on any atom is -0.497 e. The summed E-state index contributed by atoms with van der Waals surface area (Å²) in [6.07, 6.45) is -4.69. The zero-order valence-corrected chi connectivity index (χ0v) is 17.6. The van der Waals surface area contributed by atoms with Gasteiger partial charge in [0.25, 0.3) is 0 Å². The molecule has 10 heteroatoms. The number of amides is 2. The van der Waals surface area contributed by atoms with Crippen LogP contribution >= 0.6 is 0 Å². The summed E-state index contributed by atoms with van der Waals surface area (Å²) in [6, 6.07) is 13.4. The SMILES string of the molecule is COc1cccc(NC(=O)N2CC(N3CCN(c4ccc(OC(F)(F)F)cc4)CC3)C2)c1. The van der Waals surface area contributed by atoms with Crippen molar-refractivity contribution < 1.29 is 27.4 Å². The molecule has 7 nitrogen and oxygen atoms in total. The van der Waals surface area contributed by atoms with Gasteiger partial charge in [-0.25, -0.2) is 4.79 Å². The molecule has 2 heterocycles. The normalized spacial score (nSPS) is 17.6. The van der Waals surface area contributed by atoms with Gasteiger partial charge in [-0.15, -0.1) is 13.2 Å². The second kappa shape index (κ2) is 9.15. The fraction of sp³-hybridized carbons (Fsp3) is 0.409. The molecule has 2 saturated heterocycles. The van der Waals surface area contributed by atoms with E-state index in [4.69, 9.17) is 4.74 Å². The molecule has 2 amide bonds. The summed E-state index contributed by atoms with van der Waals surface area (Å²) in [5, 5.41) is 2.89. The smallest absolute Gasteiger partial charge is 0.497 e. The van der Waals surface area contributed by atoms with Crippen molar-refractivity contribution in [2.24, 2.45) is 0 Å². The molecule has 1 N–H and O–H groups in total. The lowest BCUT2D eigenvalue weighted by Gasteiger charge is -2.48. The van der Waals surface area contributed by atoms with Crippen LogP contribution in [-0.4, -0.2) is 74.6 Å². The average molecular weight is 450 g/mol. The number of hydrogen-bond donors (Lipinski definition) is 1. The van der Waals surface area contributed by atoms with Crippen molar-refractivity contribution in [3.05, 3.63) is 48.5 Å². The van der Waals surface area contributed by atoms with Crippen molar-refractivity contribution in [3.8, 4) is 11.5 Å². The van der Waals surface area contributed by atoms with Gasteiger partial charge in [0.05, 0.1) is 7.11 Å². The highest BCUT2D eigenvalue weighted by Crippen LogP contribution is 2.27. The van der Waals surface area contributed by atoms with Crippen LogP contribution in [0.4, 0.5) is 29.3 Å². The number of likely N-dealkylation sites (tertiary alicyclic amines) is 1. The van der Waals surface area contributed by atoms with E-state index in [-0.39, 0.29) is 11.8 Å². The minimum absolute atomic E-state index is 0.130. The van der Waals surface area contributed by atoms with Gasteiger partial charge in [-0.2, -0.15) is 0 Å². The van der Waals surface area contributed by atoms with Crippen molar-refractivity contribution >= 4 is 17.4 Å². The van der Waals surface area contributed by atoms with Crippen molar-refractivity contribution in [1.82, 2.24) is 9.80 Å². The third-order valence-electron chi connectivity index (χ3n) is 5.74. The lowest BCUT2D eigenvalue weighted by atomic mass is 10.1. The largest absolute Gasteiger partial charge is 0.573 e. The van der Waals surface area contributed by atoms with Gasteiger partial charge in [0, 0.05) is 62.8 Å². The predicted molar refractivity (Wildman–Crippen MR) is 114 cm³/mol. The molecule has 0 unspecified atom stereocenters. The van der Waals surface area contributed by atoms with Crippen LogP contribution in [0.15, 0.2) is 48.5 Å². The summed E-state index contributed by atoms with van der Waals surface area (Å²) in [6.45, 7) is 4.53. The van der Waals surface area contributed by atoms with E-state index in [1.54, 1.807) is 30.2 Å². The molecule has 2 fully saturated rings. The number of ether oxygens (including phenoxy) is 2. The Kier molecular flexibility index (Phi) is 6.31. The first-order valence-electron chi connectivity index (χ1n) is 10.4. The molecule has 0 aliphatic carbocycles. The fourth-order valence-corrected chi connectivity index (χ4v) is 3.96. The fourth-order valence-electron chi connectivity index (χ4n) is 3.96. The maximum atomic E-state index is 12.4. The molecule has 0 spiro atoms. The number of methoxy groups -OCH3 is 1. The van der Waals surface area contributed by atoms with Crippen molar-refractivity contribution in [1.29, 1.82) is 0 Å². The van der Waals surface area contributed by atoms with Crippen LogP contribution in [0.2, 0.25) is 0 Å². The van der Waals surface area contributed by atoms with Crippen LogP contribution in [0.25, 0.3) is 0 Å². The van der Waals surface area contributed by atoms with Gasteiger partial charge in [-0.3, -0.25) is 4.90 Å². The summed E-state index contributed by atoms with van der Waals surface area (Å²) in [5.41, 5.74) is 1.56. The van der Waals surface area contributed by atoms with Crippen LogP contribution < -0.4 is 19.7 Å². The third-order valence-corrected chi connectivity index (χ3v) is 5.74. The second-order valence-electron chi connectivity index (χ2n) is 7.79. The Balaban J connectivity index is 1.21. The van der Waals surface area contributed by atoms with E-state index >= 15 is 0 Å². The van der Waals surface area contributed by atoms with Crippen molar-refractivity contribution in [2.75, 3.05) is 56.6 Å². The number of rotatable bonds is 5. The number of halogens is 3. The van der Waals surface area contributed by atoms with E-state index in [1.807, 2.05) is 18.2 Å². The Bertz CT molecular complexity index is 925. The minimum atomic E-state index is -4.69. The summed E-state index contributed by atoms with van der Waals surface area (Å²) in [5.74, 6) is 0.464. The summed E-state index contributed by atoms with van der Waals surface area (Å²) >= 11 is 0. The van der Waals surface area contributed by atoms with Gasteiger partial charge in [0.2, 0.25) is 0 Å². The number of alkyl halides is 3. The zero-order chi connectivity index (χ0) is 22.7. The van der Waals surface area contributed by atoms with E-state index in [9.17, 15) is 18.0 Å². The predicted octanol–water partition coefficient (Wildman–Crippen LogP) is 3.63. The summed E-state index contributed by atoms with van der Waals surface area (Å²) < 4.78 is 46.0. The molecule has 32 heavy (non-hydrogen) atoms. The summed E-state index contributed by atoms with van der Waals surface area (Å²) in [4.78, 5) is 18.7. The lowest BCUT2D eigenvalue weighted by Crippen LogP contribution is -2.64. The molecular weight excluding hydrogens is 425 g/mol. The summed E-state index contributed by atoms with van der Waals surface area (Å²) in [7, 11) is 1.58. The Labute approximate surface area is 184 Å². The van der Waals surface area contributed by atoms with Gasteiger partial charge in [0.1, 0.15) is 11.5 Å². The van der Waals surface area contributed by atoms with E-state index in [2.05, 4.69) is 19.9 Å². The van der Waals surface area contributed by atoms with Crippen LogP contribution in [0.5, 0.6) is 11.5 Å². The van der Waals surface area contributed by atoms with Gasteiger partial charge in [-0.05, 0) is 36.4 Å². The maximum Gasteiger partial charge on any atom is 0.573 e. The van der Waals surface area contributed by atoms with Crippen LogP contribution in [-0.2, 0) is 0 Å². The molecule has 2 aliphatic heterocycles. The first-order valence-corrected chi connectivity index (χ1v) is 10.4. The number of nitrogens with one attached hydrogen (secondary N) is 1. The number of urea groups is 1.